The summed E-state index contributed by atoms with van der Waals surface area (Å²) in [6.07, 6.45) is 2.26. The van der Waals surface area contributed by atoms with Gasteiger partial charge in [0.05, 0.1) is 25.3 Å². The Balaban J connectivity index is 1.99. The van der Waals surface area contributed by atoms with Crippen molar-refractivity contribution in [2.24, 2.45) is 0 Å². The summed E-state index contributed by atoms with van der Waals surface area (Å²) in [6, 6.07) is 11.0. The monoisotopic (exact) mass is 402 g/mol. The maximum absolute atomic E-state index is 13.1. The van der Waals surface area contributed by atoms with Crippen LogP contribution in [0, 0.1) is 0 Å². The highest BCUT2D eigenvalue weighted by Crippen LogP contribution is 2.38. The number of hydrogen-bond donors (Lipinski definition) is 1. The van der Waals surface area contributed by atoms with E-state index in [1.807, 2.05) is 42.2 Å². The molecule has 2 unspecified atom stereocenters. The SMILES string of the molecule is CCOc1cc(C(CCS(C)=O)N2Cc3cccc(N)c3C2=O)ccc1OC. The first-order valence-corrected chi connectivity index (χ1v) is 11.0. The van der Waals surface area contributed by atoms with Gasteiger partial charge in [-0.2, -0.15) is 0 Å². The zero-order valence-corrected chi connectivity index (χ0v) is 17.3. The molecule has 0 fully saturated rings. The number of anilines is 1. The molecule has 0 bridgehead atoms. The van der Waals surface area contributed by atoms with Gasteiger partial charge >= 0.3 is 0 Å². The molecule has 28 heavy (non-hydrogen) atoms. The Morgan fingerprint density at radius 3 is 2.68 bits per heavy atom. The van der Waals surface area contributed by atoms with E-state index < -0.39 is 10.8 Å². The van der Waals surface area contributed by atoms with Crippen molar-refractivity contribution >= 4 is 22.4 Å². The second-order valence-corrected chi connectivity index (χ2v) is 8.29. The number of nitrogens with zero attached hydrogens (tertiary/aromatic N) is 1. The molecule has 2 aromatic rings. The number of rotatable bonds is 8. The second-order valence-electron chi connectivity index (χ2n) is 6.74. The molecule has 3 rings (SSSR count). The van der Waals surface area contributed by atoms with Gasteiger partial charge in [0.1, 0.15) is 0 Å². The van der Waals surface area contributed by atoms with Crippen molar-refractivity contribution in [1.82, 2.24) is 4.90 Å². The fourth-order valence-electron chi connectivity index (χ4n) is 3.61. The molecule has 0 radical (unpaired) electrons. The summed E-state index contributed by atoms with van der Waals surface area (Å²) >= 11 is 0. The Hall–Kier alpha value is -2.54. The number of nitrogen functional groups attached to an aromatic ring is 1. The molecule has 0 spiro atoms. The van der Waals surface area contributed by atoms with Gasteiger partial charge in [0, 0.05) is 35.0 Å². The summed E-state index contributed by atoms with van der Waals surface area (Å²) in [5.41, 5.74) is 8.97. The predicted molar refractivity (Wildman–Crippen MR) is 111 cm³/mol. The number of ether oxygens (including phenoxy) is 2. The van der Waals surface area contributed by atoms with Gasteiger partial charge in [-0.1, -0.05) is 18.2 Å². The van der Waals surface area contributed by atoms with E-state index in [2.05, 4.69) is 0 Å². The van der Waals surface area contributed by atoms with Gasteiger partial charge in [-0.3, -0.25) is 9.00 Å². The fraction of sp³-hybridized carbons (Fsp3) is 0.381. The molecule has 0 aliphatic carbocycles. The van der Waals surface area contributed by atoms with E-state index in [1.54, 1.807) is 19.4 Å². The highest BCUT2D eigenvalue weighted by Gasteiger charge is 2.35. The maximum Gasteiger partial charge on any atom is 0.257 e. The molecule has 1 heterocycles. The van der Waals surface area contributed by atoms with Crippen molar-refractivity contribution < 1.29 is 18.5 Å². The molecular weight excluding hydrogens is 376 g/mol. The first-order valence-electron chi connectivity index (χ1n) is 9.25. The van der Waals surface area contributed by atoms with Crippen molar-refractivity contribution in [3.63, 3.8) is 0 Å². The lowest BCUT2D eigenvalue weighted by Crippen LogP contribution is -2.30. The minimum atomic E-state index is -0.959. The number of hydrogen-bond acceptors (Lipinski definition) is 5. The molecule has 150 valence electrons. The van der Waals surface area contributed by atoms with E-state index in [0.29, 0.717) is 48.1 Å². The molecule has 0 saturated heterocycles. The van der Waals surface area contributed by atoms with E-state index in [9.17, 15) is 9.00 Å². The molecular formula is C21H26N2O4S. The van der Waals surface area contributed by atoms with E-state index in [0.717, 1.165) is 11.1 Å². The Bertz CT molecular complexity index is 900. The van der Waals surface area contributed by atoms with Gasteiger partial charge in [-0.25, -0.2) is 0 Å². The van der Waals surface area contributed by atoms with Crippen LogP contribution >= 0.6 is 0 Å². The molecule has 2 N–H and O–H groups in total. The van der Waals surface area contributed by atoms with Crippen molar-refractivity contribution in [2.75, 3.05) is 31.5 Å². The van der Waals surface area contributed by atoms with Crippen LogP contribution < -0.4 is 15.2 Å². The van der Waals surface area contributed by atoms with Gasteiger partial charge < -0.3 is 20.1 Å². The lowest BCUT2D eigenvalue weighted by molar-refractivity contribution is 0.0697. The van der Waals surface area contributed by atoms with Crippen molar-refractivity contribution in [3.05, 3.63) is 53.1 Å². The first kappa shape index (κ1) is 20.2. The van der Waals surface area contributed by atoms with Crippen molar-refractivity contribution in [1.29, 1.82) is 0 Å². The number of carbonyl (C=O) groups excluding carboxylic acids is 1. The average Bonchev–Trinajstić information content (AvgIpc) is 3.00. The van der Waals surface area contributed by atoms with Gasteiger partial charge in [0.25, 0.3) is 5.91 Å². The highest BCUT2D eigenvalue weighted by atomic mass is 32.2. The van der Waals surface area contributed by atoms with Crippen LogP contribution in [0.4, 0.5) is 5.69 Å². The van der Waals surface area contributed by atoms with Gasteiger partial charge in [-0.05, 0) is 42.7 Å². The van der Waals surface area contributed by atoms with E-state index in [4.69, 9.17) is 15.2 Å². The van der Waals surface area contributed by atoms with Gasteiger partial charge in [-0.15, -0.1) is 0 Å². The summed E-state index contributed by atoms with van der Waals surface area (Å²) in [4.78, 5) is 14.9. The largest absolute Gasteiger partial charge is 0.493 e. The van der Waals surface area contributed by atoms with Crippen LogP contribution in [0.25, 0.3) is 0 Å². The number of fused-ring (bicyclic) bond motifs is 1. The summed E-state index contributed by atoms with van der Waals surface area (Å²) in [6.45, 7) is 2.90. The molecule has 6 nitrogen and oxygen atoms in total. The molecule has 7 heteroatoms. The van der Waals surface area contributed by atoms with Crippen LogP contribution in [0.3, 0.4) is 0 Å². The van der Waals surface area contributed by atoms with Crippen LogP contribution in [0.2, 0.25) is 0 Å². The third kappa shape index (κ3) is 3.99. The number of methoxy groups -OCH3 is 1. The molecule has 0 saturated carbocycles. The zero-order chi connectivity index (χ0) is 20.3. The van der Waals surface area contributed by atoms with E-state index >= 15 is 0 Å². The molecule has 0 aromatic heterocycles. The van der Waals surface area contributed by atoms with Crippen LogP contribution in [0.5, 0.6) is 11.5 Å². The minimum absolute atomic E-state index is 0.0891. The number of carbonyl (C=O) groups is 1. The topological polar surface area (TPSA) is 81.9 Å². The van der Waals surface area contributed by atoms with Crippen molar-refractivity contribution in [3.8, 4) is 11.5 Å². The summed E-state index contributed by atoms with van der Waals surface area (Å²) in [7, 11) is 0.637. The lowest BCUT2D eigenvalue weighted by atomic mass is 10.0. The summed E-state index contributed by atoms with van der Waals surface area (Å²) in [5.74, 6) is 1.68. The van der Waals surface area contributed by atoms with Crippen molar-refractivity contribution in [2.45, 2.75) is 25.9 Å². The highest BCUT2D eigenvalue weighted by molar-refractivity contribution is 7.84. The average molecular weight is 403 g/mol. The Morgan fingerprint density at radius 1 is 1.25 bits per heavy atom. The minimum Gasteiger partial charge on any atom is -0.493 e. The lowest BCUT2D eigenvalue weighted by Gasteiger charge is -2.29. The van der Waals surface area contributed by atoms with Crippen LogP contribution in [0.15, 0.2) is 36.4 Å². The van der Waals surface area contributed by atoms with Crippen LogP contribution in [-0.4, -0.2) is 40.7 Å². The third-order valence-electron chi connectivity index (χ3n) is 4.93. The Morgan fingerprint density at radius 2 is 2.04 bits per heavy atom. The normalized spacial score (nSPS) is 15.2. The van der Waals surface area contributed by atoms with E-state index in [-0.39, 0.29) is 11.9 Å². The summed E-state index contributed by atoms with van der Waals surface area (Å²) < 4.78 is 22.8. The molecule has 1 aliphatic heterocycles. The quantitative estimate of drug-likeness (QED) is 0.686. The van der Waals surface area contributed by atoms with Gasteiger partial charge in [0.2, 0.25) is 0 Å². The fourth-order valence-corrected chi connectivity index (χ4v) is 4.17. The smallest absolute Gasteiger partial charge is 0.257 e. The number of amides is 1. The molecule has 1 amide bonds. The predicted octanol–water partition coefficient (Wildman–Crippen LogP) is 3.14. The zero-order valence-electron chi connectivity index (χ0n) is 16.4. The standard InChI is InChI=1S/C21H26N2O4S/c1-4-27-19-12-14(8-9-18(19)26-2)17(10-11-28(3)25)23-13-15-6-5-7-16(22)20(15)21(23)24/h5-9,12,17H,4,10-11,13,22H2,1-3H3. The summed E-state index contributed by atoms with van der Waals surface area (Å²) in [5, 5.41) is 0. The maximum atomic E-state index is 13.1. The van der Waals surface area contributed by atoms with E-state index in [1.165, 1.54) is 0 Å². The second kappa shape index (κ2) is 8.65. The first-order chi connectivity index (χ1) is 13.5. The van der Waals surface area contributed by atoms with Crippen LogP contribution in [0.1, 0.15) is 40.9 Å². The molecule has 1 aliphatic rings. The molecule has 2 atom stereocenters. The Labute approximate surface area is 168 Å². The Kier molecular flexibility index (Phi) is 6.24. The number of benzene rings is 2. The molecule has 2 aromatic carbocycles. The third-order valence-corrected chi connectivity index (χ3v) is 5.74. The van der Waals surface area contributed by atoms with Crippen LogP contribution in [-0.2, 0) is 17.3 Å². The number of nitrogens with two attached hydrogens (primary N) is 1. The van der Waals surface area contributed by atoms with Gasteiger partial charge in [0.15, 0.2) is 11.5 Å².